The van der Waals surface area contributed by atoms with E-state index in [-0.39, 0.29) is 6.61 Å². The maximum absolute atomic E-state index is 9.05. The zero-order valence-corrected chi connectivity index (χ0v) is 12.7. The van der Waals surface area contributed by atoms with Crippen molar-refractivity contribution in [1.82, 2.24) is 19.9 Å². The van der Waals surface area contributed by atoms with Crippen molar-refractivity contribution in [3.8, 4) is 0 Å². The SMILES string of the molecule is OCc1cn(C2CCN(CC=Cc3ccccc3)CC2)nn1. The van der Waals surface area contributed by atoms with Crippen LogP contribution in [0.4, 0.5) is 0 Å². The molecule has 1 aromatic carbocycles. The van der Waals surface area contributed by atoms with Crippen LogP contribution >= 0.6 is 0 Å². The number of hydrogen-bond acceptors (Lipinski definition) is 4. The quantitative estimate of drug-likeness (QED) is 0.918. The summed E-state index contributed by atoms with van der Waals surface area (Å²) in [5.74, 6) is 0. The Morgan fingerprint density at radius 1 is 1.18 bits per heavy atom. The highest BCUT2D eigenvalue weighted by molar-refractivity contribution is 5.48. The third-order valence-electron chi connectivity index (χ3n) is 4.12. The van der Waals surface area contributed by atoms with E-state index < -0.39 is 0 Å². The second-order valence-corrected chi connectivity index (χ2v) is 5.69. The van der Waals surface area contributed by atoms with Gasteiger partial charge in [-0.25, -0.2) is 4.68 Å². The number of rotatable bonds is 5. The highest BCUT2D eigenvalue weighted by atomic mass is 16.3. The molecule has 5 nitrogen and oxygen atoms in total. The van der Waals surface area contributed by atoms with Crippen LogP contribution in [0.3, 0.4) is 0 Å². The van der Waals surface area contributed by atoms with Gasteiger partial charge in [0.2, 0.25) is 0 Å². The van der Waals surface area contributed by atoms with Gasteiger partial charge in [0.25, 0.3) is 0 Å². The molecule has 0 spiro atoms. The van der Waals surface area contributed by atoms with Gasteiger partial charge in [0, 0.05) is 19.6 Å². The van der Waals surface area contributed by atoms with Crippen LogP contribution in [-0.4, -0.2) is 44.6 Å². The molecule has 2 aromatic rings. The highest BCUT2D eigenvalue weighted by Crippen LogP contribution is 2.21. The van der Waals surface area contributed by atoms with Gasteiger partial charge in [0.1, 0.15) is 5.69 Å². The van der Waals surface area contributed by atoms with Crippen LogP contribution in [0, 0.1) is 0 Å². The van der Waals surface area contributed by atoms with Gasteiger partial charge >= 0.3 is 0 Å². The fourth-order valence-electron chi connectivity index (χ4n) is 2.83. The first-order valence-electron chi connectivity index (χ1n) is 7.80. The largest absolute Gasteiger partial charge is 0.390 e. The number of piperidine rings is 1. The lowest BCUT2D eigenvalue weighted by Crippen LogP contribution is -2.34. The first kappa shape index (κ1) is 14.9. The molecule has 0 radical (unpaired) electrons. The van der Waals surface area contributed by atoms with Crippen molar-refractivity contribution in [3.05, 3.63) is 53.9 Å². The van der Waals surface area contributed by atoms with Gasteiger partial charge in [0.05, 0.1) is 18.8 Å². The minimum absolute atomic E-state index is 0.0386. The molecule has 0 saturated carbocycles. The number of likely N-dealkylation sites (tertiary alicyclic amines) is 1. The second-order valence-electron chi connectivity index (χ2n) is 5.69. The summed E-state index contributed by atoms with van der Waals surface area (Å²) in [4.78, 5) is 2.46. The fourth-order valence-corrected chi connectivity index (χ4v) is 2.83. The van der Waals surface area contributed by atoms with Crippen LogP contribution in [0.25, 0.3) is 6.08 Å². The number of aliphatic hydroxyl groups excluding tert-OH is 1. The van der Waals surface area contributed by atoms with Gasteiger partial charge in [0.15, 0.2) is 0 Å². The third-order valence-corrected chi connectivity index (χ3v) is 4.12. The molecular weight excluding hydrogens is 276 g/mol. The Bertz CT molecular complexity index is 600. The van der Waals surface area contributed by atoms with Crippen molar-refractivity contribution >= 4 is 6.08 Å². The van der Waals surface area contributed by atoms with Crippen LogP contribution in [-0.2, 0) is 6.61 Å². The number of hydrogen-bond donors (Lipinski definition) is 1. The summed E-state index contributed by atoms with van der Waals surface area (Å²) in [6.45, 7) is 3.08. The van der Waals surface area contributed by atoms with Crippen LogP contribution < -0.4 is 0 Å². The Kier molecular flexibility index (Phi) is 4.98. The lowest BCUT2D eigenvalue weighted by atomic mass is 10.1. The van der Waals surface area contributed by atoms with Gasteiger partial charge in [-0.3, -0.25) is 4.90 Å². The predicted octanol–water partition coefficient (Wildman–Crippen LogP) is 2.12. The monoisotopic (exact) mass is 298 g/mol. The van der Waals surface area contributed by atoms with Gasteiger partial charge in [-0.2, -0.15) is 0 Å². The smallest absolute Gasteiger partial charge is 0.108 e. The summed E-state index contributed by atoms with van der Waals surface area (Å²) in [6, 6.07) is 10.8. The zero-order chi connectivity index (χ0) is 15.2. The Morgan fingerprint density at radius 3 is 2.64 bits per heavy atom. The van der Waals surface area contributed by atoms with Crippen molar-refractivity contribution in [2.45, 2.75) is 25.5 Å². The van der Waals surface area contributed by atoms with Crippen LogP contribution in [0.15, 0.2) is 42.6 Å². The normalized spacial score (nSPS) is 17.3. The highest BCUT2D eigenvalue weighted by Gasteiger charge is 2.20. The van der Waals surface area contributed by atoms with E-state index in [2.05, 4.69) is 51.6 Å². The van der Waals surface area contributed by atoms with Gasteiger partial charge < -0.3 is 5.11 Å². The topological polar surface area (TPSA) is 54.2 Å². The molecule has 0 amide bonds. The first-order valence-corrected chi connectivity index (χ1v) is 7.80. The maximum atomic E-state index is 9.05. The second kappa shape index (κ2) is 7.33. The lowest BCUT2D eigenvalue weighted by molar-refractivity contribution is 0.194. The van der Waals surface area contributed by atoms with E-state index >= 15 is 0 Å². The molecule has 5 heteroatoms. The van der Waals surface area contributed by atoms with Crippen molar-refractivity contribution in [1.29, 1.82) is 0 Å². The molecule has 1 aliphatic heterocycles. The van der Waals surface area contributed by atoms with Crippen molar-refractivity contribution in [2.24, 2.45) is 0 Å². The molecule has 1 fully saturated rings. The molecular formula is C17H22N4O. The summed E-state index contributed by atoms with van der Waals surface area (Å²) in [7, 11) is 0. The maximum Gasteiger partial charge on any atom is 0.108 e. The van der Waals surface area contributed by atoms with Gasteiger partial charge in [-0.05, 0) is 18.4 Å². The molecule has 1 saturated heterocycles. The minimum atomic E-state index is -0.0386. The molecule has 0 atom stereocenters. The molecule has 22 heavy (non-hydrogen) atoms. The van der Waals surface area contributed by atoms with Crippen molar-refractivity contribution in [3.63, 3.8) is 0 Å². The van der Waals surface area contributed by atoms with Gasteiger partial charge in [-0.1, -0.05) is 47.7 Å². The van der Waals surface area contributed by atoms with E-state index in [0.717, 1.165) is 32.5 Å². The van der Waals surface area contributed by atoms with E-state index in [1.54, 1.807) is 0 Å². The standard InChI is InChI=1S/C17H22N4O/c22-14-16-13-21(19-18-16)17-8-11-20(12-9-17)10-4-7-15-5-2-1-3-6-15/h1-7,13,17,22H,8-12,14H2. The zero-order valence-electron chi connectivity index (χ0n) is 12.7. The number of benzene rings is 1. The molecule has 1 aliphatic rings. The summed E-state index contributed by atoms with van der Waals surface area (Å²) in [5, 5.41) is 17.1. The molecule has 0 aliphatic carbocycles. The minimum Gasteiger partial charge on any atom is -0.390 e. The number of aromatic nitrogens is 3. The summed E-state index contributed by atoms with van der Waals surface area (Å²) in [5.41, 5.74) is 1.89. The average Bonchev–Trinajstić information content (AvgIpc) is 3.06. The van der Waals surface area contributed by atoms with E-state index in [1.165, 1.54) is 5.56 Å². The van der Waals surface area contributed by atoms with E-state index in [1.807, 2.05) is 16.9 Å². The molecule has 116 valence electrons. The third kappa shape index (κ3) is 3.81. The Labute approximate surface area is 130 Å². The summed E-state index contributed by atoms with van der Waals surface area (Å²) < 4.78 is 1.91. The molecule has 0 bridgehead atoms. The average molecular weight is 298 g/mol. The Balaban J connectivity index is 1.46. The van der Waals surface area contributed by atoms with E-state index in [4.69, 9.17) is 5.11 Å². The summed E-state index contributed by atoms with van der Waals surface area (Å²) in [6.07, 6.45) is 8.42. The van der Waals surface area contributed by atoms with Crippen LogP contribution in [0.2, 0.25) is 0 Å². The summed E-state index contributed by atoms with van der Waals surface area (Å²) >= 11 is 0. The molecule has 3 rings (SSSR count). The predicted molar refractivity (Wildman–Crippen MR) is 86.1 cm³/mol. The number of aliphatic hydroxyl groups is 1. The Hall–Kier alpha value is -1.98. The lowest BCUT2D eigenvalue weighted by Gasteiger charge is -2.30. The fraction of sp³-hybridized carbons (Fsp3) is 0.412. The first-order chi connectivity index (χ1) is 10.8. The van der Waals surface area contributed by atoms with E-state index in [9.17, 15) is 0 Å². The van der Waals surface area contributed by atoms with Crippen molar-refractivity contribution in [2.75, 3.05) is 19.6 Å². The van der Waals surface area contributed by atoms with Gasteiger partial charge in [-0.15, -0.1) is 5.10 Å². The molecule has 0 unspecified atom stereocenters. The molecule has 1 aromatic heterocycles. The van der Waals surface area contributed by atoms with E-state index in [0.29, 0.717) is 11.7 Å². The molecule has 2 heterocycles. The number of nitrogens with zero attached hydrogens (tertiary/aromatic N) is 4. The van der Waals surface area contributed by atoms with Crippen LogP contribution in [0.5, 0.6) is 0 Å². The molecule has 1 N–H and O–H groups in total. The van der Waals surface area contributed by atoms with Crippen molar-refractivity contribution < 1.29 is 5.11 Å². The Morgan fingerprint density at radius 2 is 1.95 bits per heavy atom. The van der Waals surface area contributed by atoms with Crippen LogP contribution in [0.1, 0.15) is 30.1 Å².